The number of carbonyl (C=O) groups excluding carboxylic acids is 2. The van der Waals surface area contributed by atoms with E-state index in [1.165, 1.54) is 24.3 Å². The van der Waals surface area contributed by atoms with E-state index in [4.69, 9.17) is 17.2 Å². The number of carbonyl (C=O) groups is 3. The maximum Gasteiger partial charge on any atom is 0.326 e. The van der Waals surface area contributed by atoms with E-state index in [2.05, 4.69) is 15.6 Å². The average Bonchev–Trinajstić information content (AvgIpc) is 2.82. The zero-order valence-corrected chi connectivity index (χ0v) is 19.6. The number of nitrogens with two attached hydrogens (primary N) is 3. The van der Waals surface area contributed by atoms with Crippen LogP contribution in [0.3, 0.4) is 0 Å². The number of guanidine groups is 1. The Morgan fingerprint density at radius 2 is 1.31 bits per heavy atom. The number of aromatic hydroxyl groups is 2. The molecule has 36 heavy (non-hydrogen) atoms. The molecule has 12 heteroatoms. The second kappa shape index (κ2) is 13.5. The van der Waals surface area contributed by atoms with E-state index < -0.39 is 35.9 Å². The number of carboxylic acid groups (broad SMARTS) is 1. The lowest BCUT2D eigenvalue weighted by atomic mass is 10.0. The van der Waals surface area contributed by atoms with Gasteiger partial charge in [0.1, 0.15) is 23.6 Å². The molecule has 12 nitrogen and oxygen atoms in total. The number of benzene rings is 2. The first-order valence-corrected chi connectivity index (χ1v) is 11.3. The molecule has 0 aliphatic rings. The van der Waals surface area contributed by atoms with Crippen LogP contribution in [-0.2, 0) is 27.2 Å². The van der Waals surface area contributed by atoms with Crippen molar-refractivity contribution >= 4 is 23.7 Å². The van der Waals surface area contributed by atoms with E-state index in [1.54, 1.807) is 24.3 Å². The number of hydrogen-bond donors (Lipinski definition) is 8. The number of rotatable bonds is 13. The molecule has 0 spiro atoms. The maximum atomic E-state index is 13.0. The van der Waals surface area contributed by atoms with Crippen LogP contribution in [0.5, 0.6) is 11.5 Å². The van der Waals surface area contributed by atoms with Gasteiger partial charge < -0.3 is 43.2 Å². The van der Waals surface area contributed by atoms with Crippen molar-refractivity contribution < 1.29 is 29.7 Å². The highest BCUT2D eigenvalue weighted by molar-refractivity contribution is 5.92. The number of amides is 2. The van der Waals surface area contributed by atoms with Crippen molar-refractivity contribution in [2.24, 2.45) is 22.2 Å². The highest BCUT2D eigenvalue weighted by Gasteiger charge is 2.28. The van der Waals surface area contributed by atoms with Gasteiger partial charge in [-0.15, -0.1) is 0 Å². The molecule has 3 unspecified atom stereocenters. The van der Waals surface area contributed by atoms with Crippen LogP contribution in [0.1, 0.15) is 24.0 Å². The number of aliphatic imine (C=N–C) groups is 1. The molecule has 2 aromatic rings. The molecular formula is C24H32N6O6. The second-order valence-electron chi connectivity index (χ2n) is 8.26. The van der Waals surface area contributed by atoms with Gasteiger partial charge in [-0.05, 0) is 54.7 Å². The molecule has 0 heterocycles. The summed E-state index contributed by atoms with van der Waals surface area (Å²) < 4.78 is 0. The van der Waals surface area contributed by atoms with Gasteiger partial charge in [-0.25, -0.2) is 4.79 Å². The van der Waals surface area contributed by atoms with Crippen molar-refractivity contribution in [3.05, 3.63) is 59.7 Å². The third-order valence-electron chi connectivity index (χ3n) is 5.30. The van der Waals surface area contributed by atoms with E-state index in [1.807, 2.05) is 0 Å². The molecule has 0 aliphatic heterocycles. The first kappa shape index (κ1) is 27.9. The molecule has 0 radical (unpaired) electrons. The van der Waals surface area contributed by atoms with Gasteiger partial charge in [-0.2, -0.15) is 0 Å². The molecule has 2 rings (SSSR count). The van der Waals surface area contributed by atoms with E-state index >= 15 is 0 Å². The highest BCUT2D eigenvalue weighted by Crippen LogP contribution is 2.13. The predicted molar refractivity (Wildman–Crippen MR) is 133 cm³/mol. The number of nitrogens with zero attached hydrogens (tertiary/aromatic N) is 1. The number of phenolic OH excluding ortho intramolecular Hbond substituents is 2. The Labute approximate surface area is 208 Å². The smallest absolute Gasteiger partial charge is 0.326 e. The molecule has 0 aromatic heterocycles. The highest BCUT2D eigenvalue weighted by atomic mass is 16.4. The van der Waals surface area contributed by atoms with Crippen LogP contribution in [-0.4, -0.2) is 63.7 Å². The fourth-order valence-electron chi connectivity index (χ4n) is 3.37. The lowest BCUT2D eigenvalue weighted by Crippen LogP contribution is -2.55. The van der Waals surface area contributed by atoms with E-state index in [0.717, 1.165) is 0 Å². The minimum atomic E-state index is -1.24. The number of hydrogen-bond acceptors (Lipinski definition) is 7. The monoisotopic (exact) mass is 500 g/mol. The van der Waals surface area contributed by atoms with Crippen LogP contribution in [0.4, 0.5) is 0 Å². The van der Waals surface area contributed by atoms with Gasteiger partial charge in [0.05, 0.1) is 6.04 Å². The summed E-state index contributed by atoms with van der Waals surface area (Å²) in [7, 11) is 0. The van der Waals surface area contributed by atoms with E-state index in [9.17, 15) is 29.7 Å². The number of carboxylic acids is 1. The standard InChI is InChI=1S/C24H32N6O6/c25-18(12-14-3-7-16(31)8-4-14)21(33)30-20(13-15-5-9-17(32)10-6-15)22(34)29-19(23(35)36)2-1-11-28-24(26)27/h3-10,18-20,31-32H,1-2,11-13,25H2,(H,29,34)(H,30,33)(H,35,36)(H4,26,27,28). The van der Waals surface area contributed by atoms with Crippen LogP contribution < -0.4 is 27.8 Å². The fourth-order valence-corrected chi connectivity index (χ4v) is 3.37. The van der Waals surface area contributed by atoms with Crippen molar-refractivity contribution in [3.8, 4) is 11.5 Å². The second-order valence-corrected chi connectivity index (χ2v) is 8.26. The molecule has 3 atom stereocenters. The zero-order chi connectivity index (χ0) is 26.7. The topological polar surface area (TPSA) is 226 Å². The van der Waals surface area contributed by atoms with Crippen LogP contribution in [0.2, 0.25) is 0 Å². The van der Waals surface area contributed by atoms with E-state index in [-0.39, 0.29) is 43.3 Å². The van der Waals surface area contributed by atoms with Crippen LogP contribution in [0.25, 0.3) is 0 Å². The Morgan fingerprint density at radius 3 is 1.81 bits per heavy atom. The van der Waals surface area contributed by atoms with Crippen LogP contribution >= 0.6 is 0 Å². The quantitative estimate of drug-likeness (QED) is 0.0988. The summed E-state index contributed by atoms with van der Waals surface area (Å²) in [5.74, 6) is -2.57. The summed E-state index contributed by atoms with van der Waals surface area (Å²) >= 11 is 0. The lowest BCUT2D eigenvalue weighted by molar-refractivity contribution is -0.142. The van der Waals surface area contributed by atoms with Crippen molar-refractivity contribution in [3.63, 3.8) is 0 Å². The zero-order valence-electron chi connectivity index (χ0n) is 19.6. The summed E-state index contributed by atoms with van der Waals surface area (Å²) in [6.07, 6.45) is 0.562. The van der Waals surface area contributed by atoms with Crippen LogP contribution in [0, 0.1) is 0 Å². The molecule has 0 saturated heterocycles. The first-order chi connectivity index (χ1) is 17.0. The third kappa shape index (κ3) is 9.50. The molecule has 2 aromatic carbocycles. The van der Waals surface area contributed by atoms with Gasteiger partial charge in [-0.3, -0.25) is 14.6 Å². The predicted octanol–water partition coefficient (Wildman–Crippen LogP) is -0.682. The molecule has 0 saturated carbocycles. The molecule has 0 fully saturated rings. The van der Waals surface area contributed by atoms with E-state index in [0.29, 0.717) is 17.5 Å². The lowest BCUT2D eigenvalue weighted by Gasteiger charge is -2.23. The van der Waals surface area contributed by atoms with Crippen molar-refractivity contribution in [1.29, 1.82) is 0 Å². The maximum absolute atomic E-state index is 13.0. The molecule has 11 N–H and O–H groups in total. The number of aliphatic carboxylic acids is 1. The molecule has 2 amide bonds. The first-order valence-electron chi connectivity index (χ1n) is 11.3. The molecule has 194 valence electrons. The van der Waals surface area contributed by atoms with Gasteiger partial charge >= 0.3 is 5.97 Å². The van der Waals surface area contributed by atoms with Gasteiger partial charge in [0, 0.05) is 13.0 Å². The molecule has 0 aliphatic carbocycles. The molecule has 0 bridgehead atoms. The summed E-state index contributed by atoms with van der Waals surface area (Å²) in [5.41, 5.74) is 17.9. The van der Waals surface area contributed by atoms with Gasteiger partial charge in [-0.1, -0.05) is 24.3 Å². The van der Waals surface area contributed by atoms with Crippen molar-refractivity contribution in [1.82, 2.24) is 10.6 Å². The largest absolute Gasteiger partial charge is 0.508 e. The molecular weight excluding hydrogens is 468 g/mol. The Kier molecular flexibility index (Phi) is 10.5. The SMILES string of the molecule is NC(N)=NCCCC(NC(=O)C(Cc1ccc(O)cc1)NC(=O)C(N)Cc1ccc(O)cc1)C(=O)O. The Bertz CT molecular complexity index is 1050. The number of phenols is 2. The Hall–Kier alpha value is -4.32. The van der Waals surface area contributed by atoms with Gasteiger partial charge in [0.2, 0.25) is 11.8 Å². The summed E-state index contributed by atoms with van der Waals surface area (Å²) in [6, 6.07) is 8.89. The summed E-state index contributed by atoms with van der Waals surface area (Å²) in [4.78, 5) is 41.3. The Balaban J connectivity index is 2.12. The fraction of sp³-hybridized carbons (Fsp3) is 0.333. The number of nitrogens with one attached hydrogen (secondary N) is 2. The minimum absolute atomic E-state index is 0.0319. The Morgan fingerprint density at radius 1 is 0.806 bits per heavy atom. The van der Waals surface area contributed by atoms with Crippen molar-refractivity contribution in [2.45, 2.75) is 43.8 Å². The third-order valence-corrected chi connectivity index (χ3v) is 5.30. The normalized spacial score (nSPS) is 13.1. The van der Waals surface area contributed by atoms with Gasteiger partial charge in [0.15, 0.2) is 5.96 Å². The average molecular weight is 501 g/mol. The summed E-state index contributed by atoms with van der Waals surface area (Å²) in [5, 5.41) is 33.5. The van der Waals surface area contributed by atoms with Crippen LogP contribution in [0.15, 0.2) is 53.5 Å². The van der Waals surface area contributed by atoms with Crippen molar-refractivity contribution in [2.75, 3.05) is 6.54 Å². The minimum Gasteiger partial charge on any atom is -0.508 e. The summed E-state index contributed by atoms with van der Waals surface area (Å²) in [6.45, 7) is 0.196. The van der Waals surface area contributed by atoms with Gasteiger partial charge in [0.25, 0.3) is 0 Å².